The molecule has 1 fully saturated rings. The number of likely N-dealkylation sites (tertiary alicyclic amines) is 1. The van der Waals surface area contributed by atoms with Crippen molar-refractivity contribution in [2.45, 2.75) is 37.6 Å². The number of carbonyl (C=O) groups is 1. The summed E-state index contributed by atoms with van der Waals surface area (Å²) in [6.45, 7) is 0.580. The molecule has 3 atom stereocenters. The predicted molar refractivity (Wildman–Crippen MR) is 98.7 cm³/mol. The van der Waals surface area contributed by atoms with Gasteiger partial charge >= 0.3 is 0 Å². The summed E-state index contributed by atoms with van der Waals surface area (Å²) in [5.74, 6) is 0.521. The minimum atomic E-state index is -0.496. The van der Waals surface area contributed by atoms with Gasteiger partial charge in [0.1, 0.15) is 6.10 Å². The first-order valence-corrected chi connectivity index (χ1v) is 9.01. The summed E-state index contributed by atoms with van der Waals surface area (Å²) in [4.78, 5) is 19.6. The van der Waals surface area contributed by atoms with Gasteiger partial charge in [-0.15, -0.1) is 0 Å². The molecule has 4 rings (SSSR count). The summed E-state index contributed by atoms with van der Waals surface area (Å²) in [5, 5.41) is 9.45. The number of ether oxygens (including phenoxy) is 1. The lowest BCUT2D eigenvalue weighted by atomic mass is 9.92. The number of aliphatic imine (C=N–C) groups is 1. The molecule has 1 amide bonds. The van der Waals surface area contributed by atoms with Crippen LogP contribution in [0.15, 0.2) is 65.7 Å². The second-order valence-corrected chi connectivity index (χ2v) is 6.75. The molecule has 26 heavy (non-hydrogen) atoms. The molecule has 0 saturated carbocycles. The van der Waals surface area contributed by atoms with Gasteiger partial charge in [0.05, 0.1) is 0 Å². The fourth-order valence-corrected chi connectivity index (χ4v) is 3.72. The molecule has 0 bridgehead atoms. The summed E-state index contributed by atoms with van der Waals surface area (Å²) < 4.78 is 6.02. The lowest BCUT2D eigenvalue weighted by Crippen LogP contribution is -2.54. The Morgan fingerprint density at radius 2 is 1.77 bits per heavy atom. The van der Waals surface area contributed by atoms with Gasteiger partial charge in [-0.1, -0.05) is 48.5 Å². The minimum Gasteiger partial charge on any atom is -0.471 e. The quantitative estimate of drug-likeness (QED) is 0.901. The molecule has 0 unspecified atom stereocenters. The van der Waals surface area contributed by atoms with E-state index in [0.717, 1.165) is 11.1 Å². The van der Waals surface area contributed by atoms with Crippen molar-refractivity contribution in [2.75, 3.05) is 6.61 Å². The highest BCUT2D eigenvalue weighted by Crippen LogP contribution is 2.32. The summed E-state index contributed by atoms with van der Waals surface area (Å²) >= 11 is 0. The number of amides is 1. The van der Waals surface area contributed by atoms with Crippen molar-refractivity contribution in [1.82, 2.24) is 4.90 Å². The van der Waals surface area contributed by atoms with Crippen LogP contribution in [-0.2, 0) is 16.1 Å². The highest BCUT2D eigenvalue weighted by atomic mass is 16.5. The molecule has 1 N–H and O–H groups in total. The Morgan fingerprint density at radius 1 is 1.08 bits per heavy atom. The van der Waals surface area contributed by atoms with E-state index in [-0.39, 0.29) is 24.7 Å². The van der Waals surface area contributed by atoms with Gasteiger partial charge in [-0.2, -0.15) is 0 Å². The number of aliphatic hydroxyl groups excluding tert-OH is 1. The molecule has 2 aliphatic rings. The van der Waals surface area contributed by atoms with E-state index in [1.165, 1.54) is 0 Å². The number of carbonyl (C=O) groups excluding carboxylic acids is 1. The van der Waals surface area contributed by atoms with E-state index in [1.54, 1.807) is 0 Å². The van der Waals surface area contributed by atoms with Gasteiger partial charge in [-0.25, -0.2) is 4.99 Å². The minimum absolute atomic E-state index is 0.0190. The molecule has 2 heterocycles. The van der Waals surface area contributed by atoms with Crippen molar-refractivity contribution in [1.29, 1.82) is 0 Å². The van der Waals surface area contributed by atoms with Gasteiger partial charge < -0.3 is 14.7 Å². The van der Waals surface area contributed by atoms with E-state index in [4.69, 9.17) is 4.74 Å². The Hall–Kier alpha value is -2.66. The van der Waals surface area contributed by atoms with Crippen LogP contribution < -0.4 is 0 Å². The number of hydrogen-bond acceptors (Lipinski definition) is 4. The maximum absolute atomic E-state index is 13.1. The summed E-state index contributed by atoms with van der Waals surface area (Å²) in [5.41, 5.74) is 1.97. The summed E-state index contributed by atoms with van der Waals surface area (Å²) in [7, 11) is 0. The van der Waals surface area contributed by atoms with Crippen LogP contribution in [0.4, 0.5) is 0 Å². The van der Waals surface area contributed by atoms with Crippen molar-refractivity contribution in [3.63, 3.8) is 0 Å². The first-order valence-electron chi connectivity index (χ1n) is 9.01. The van der Waals surface area contributed by atoms with E-state index in [0.29, 0.717) is 25.3 Å². The van der Waals surface area contributed by atoms with Gasteiger partial charge in [0.25, 0.3) is 5.91 Å². The van der Waals surface area contributed by atoms with Crippen LogP contribution in [0, 0.1) is 0 Å². The third kappa shape index (κ3) is 3.22. The number of fused-ring (bicyclic) bond motifs is 1. The fourth-order valence-electron chi connectivity index (χ4n) is 3.72. The molecule has 0 radical (unpaired) electrons. The van der Waals surface area contributed by atoms with Crippen LogP contribution in [0.1, 0.15) is 24.0 Å². The van der Waals surface area contributed by atoms with E-state index in [2.05, 4.69) is 4.99 Å². The van der Waals surface area contributed by atoms with Crippen LogP contribution >= 0.6 is 0 Å². The lowest BCUT2D eigenvalue weighted by molar-refractivity contribution is -0.142. The molecule has 0 spiro atoms. The highest BCUT2D eigenvalue weighted by Gasteiger charge is 2.46. The smallest absolute Gasteiger partial charge is 0.251 e. The number of rotatable bonds is 5. The Balaban J connectivity index is 1.59. The first kappa shape index (κ1) is 16.8. The van der Waals surface area contributed by atoms with E-state index < -0.39 is 6.04 Å². The number of hydrogen-bond donors (Lipinski definition) is 1. The molecule has 0 aliphatic carbocycles. The molecule has 0 aromatic heterocycles. The molecule has 2 aromatic carbocycles. The van der Waals surface area contributed by atoms with Gasteiger partial charge in [0, 0.05) is 31.2 Å². The topological polar surface area (TPSA) is 62.1 Å². The van der Waals surface area contributed by atoms with Gasteiger partial charge in [0.2, 0.25) is 5.90 Å². The van der Waals surface area contributed by atoms with Crippen LogP contribution in [0.3, 0.4) is 0 Å². The summed E-state index contributed by atoms with van der Waals surface area (Å²) in [6, 6.07) is 19.1. The molecule has 1 saturated heterocycles. The Kier molecular flexibility index (Phi) is 4.71. The Labute approximate surface area is 152 Å². The van der Waals surface area contributed by atoms with E-state index >= 15 is 0 Å². The number of benzene rings is 2. The highest BCUT2D eigenvalue weighted by molar-refractivity contribution is 5.99. The second-order valence-electron chi connectivity index (χ2n) is 6.75. The van der Waals surface area contributed by atoms with Crippen molar-refractivity contribution in [2.24, 2.45) is 4.99 Å². The third-order valence-electron chi connectivity index (χ3n) is 5.03. The molecular formula is C21H22N2O3. The van der Waals surface area contributed by atoms with Crippen LogP contribution in [0.5, 0.6) is 0 Å². The number of piperidine rings is 1. The van der Waals surface area contributed by atoms with Crippen LogP contribution in [0.25, 0.3) is 0 Å². The zero-order valence-corrected chi connectivity index (χ0v) is 14.5. The predicted octanol–water partition coefficient (Wildman–Crippen LogP) is 2.38. The van der Waals surface area contributed by atoms with Gasteiger partial charge in [0.15, 0.2) is 6.04 Å². The largest absolute Gasteiger partial charge is 0.471 e. The fraction of sp³-hybridized carbons (Fsp3) is 0.333. The molecule has 5 nitrogen and oxygen atoms in total. The van der Waals surface area contributed by atoms with Crippen LogP contribution in [0.2, 0.25) is 0 Å². The van der Waals surface area contributed by atoms with E-state index in [9.17, 15) is 9.90 Å². The standard InChI is InChI=1S/C21H22N2O3/c24-12-11-17-13-18-19(22-20(26-18)16-9-5-2-6-10-16)21(25)23(17)14-15-7-3-1-4-8-15/h1-10,17-19,24H,11-14H2/t17-,18+,19-/m1/s1. The SMILES string of the molecule is O=C1[C@@H]2N=C(c3ccccc3)O[C@H]2C[C@@H](CCO)N1Cc1ccccc1. The van der Waals surface area contributed by atoms with Crippen molar-refractivity contribution in [3.05, 3.63) is 71.8 Å². The van der Waals surface area contributed by atoms with Gasteiger partial charge in [-0.05, 0) is 24.1 Å². The van der Waals surface area contributed by atoms with Crippen LogP contribution in [-0.4, -0.2) is 46.6 Å². The average molecular weight is 350 g/mol. The first-order chi connectivity index (χ1) is 12.8. The lowest BCUT2D eigenvalue weighted by Gasteiger charge is -2.39. The maximum atomic E-state index is 13.1. The molecule has 2 aliphatic heterocycles. The third-order valence-corrected chi connectivity index (χ3v) is 5.03. The summed E-state index contributed by atoms with van der Waals surface area (Å²) in [6.07, 6.45) is 0.983. The molecule has 5 heteroatoms. The molecular weight excluding hydrogens is 328 g/mol. The zero-order chi connectivity index (χ0) is 17.9. The van der Waals surface area contributed by atoms with Gasteiger partial charge in [-0.3, -0.25) is 4.79 Å². The van der Waals surface area contributed by atoms with Crippen molar-refractivity contribution >= 4 is 11.8 Å². The van der Waals surface area contributed by atoms with E-state index in [1.807, 2.05) is 65.6 Å². The molecule has 134 valence electrons. The average Bonchev–Trinajstić information content (AvgIpc) is 3.11. The number of aliphatic hydroxyl groups is 1. The maximum Gasteiger partial charge on any atom is 0.251 e. The zero-order valence-electron chi connectivity index (χ0n) is 14.5. The molecule has 2 aromatic rings. The second kappa shape index (κ2) is 7.30. The number of nitrogens with zero attached hydrogens (tertiary/aromatic N) is 2. The Morgan fingerprint density at radius 3 is 2.46 bits per heavy atom. The monoisotopic (exact) mass is 350 g/mol. The normalized spacial score (nSPS) is 24.8. The van der Waals surface area contributed by atoms with Crippen molar-refractivity contribution in [3.8, 4) is 0 Å². The Bertz CT molecular complexity index is 791. The van der Waals surface area contributed by atoms with Crippen molar-refractivity contribution < 1.29 is 14.6 Å².